The Morgan fingerprint density at radius 1 is 1.47 bits per heavy atom. The first-order valence-corrected chi connectivity index (χ1v) is 7.49. The number of nitrogens with zero attached hydrogens (tertiary/aromatic N) is 3. The number of rotatable bonds is 4. The van der Waals surface area contributed by atoms with Crippen molar-refractivity contribution in [2.45, 2.75) is 39.8 Å². The van der Waals surface area contributed by atoms with Gasteiger partial charge in [-0.1, -0.05) is 25.4 Å². The summed E-state index contributed by atoms with van der Waals surface area (Å²) in [6.07, 6.45) is 1.22. The first kappa shape index (κ1) is 14.8. The number of aryl methyl sites for hydroxylation is 2. The number of hydrogen-bond acceptors (Lipinski definition) is 3. The van der Waals surface area contributed by atoms with Crippen LogP contribution in [0.5, 0.6) is 0 Å². The van der Waals surface area contributed by atoms with Crippen molar-refractivity contribution in [1.29, 1.82) is 0 Å². The predicted octanol–water partition coefficient (Wildman–Crippen LogP) is 2.20. The van der Waals surface area contributed by atoms with Crippen molar-refractivity contribution < 1.29 is 0 Å². The third-order valence-electron chi connectivity index (χ3n) is 3.83. The standard InChI is InChI=1S/C14H25ClN4/c1-10(2)7-12-8-16-5-6-19(12)9-13-14(15)11(3)17-18(13)4/h10,12,16H,5-9H2,1-4H3. The molecule has 1 aliphatic heterocycles. The predicted molar refractivity (Wildman–Crippen MR) is 79.5 cm³/mol. The Hall–Kier alpha value is -0.580. The number of aromatic nitrogens is 2. The van der Waals surface area contributed by atoms with Gasteiger partial charge in [-0.15, -0.1) is 0 Å². The molecular weight excluding hydrogens is 260 g/mol. The Morgan fingerprint density at radius 3 is 2.79 bits per heavy atom. The highest BCUT2D eigenvalue weighted by Crippen LogP contribution is 2.23. The first-order valence-electron chi connectivity index (χ1n) is 7.11. The molecule has 0 aromatic carbocycles. The van der Waals surface area contributed by atoms with Gasteiger partial charge in [0, 0.05) is 39.3 Å². The summed E-state index contributed by atoms with van der Waals surface area (Å²) in [5.74, 6) is 0.719. The van der Waals surface area contributed by atoms with E-state index in [-0.39, 0.29) is 0 Å². The minimum atomic E-state index is 0.597. The molecule has 1 N–H and O–H groups in total. The molecule has 2 rings (SSSR count). The highest BCUT2D eigenvalue weighted by Gasteiger charge is 2.25. The molecule has 0 radical (unpaired) electrons. The molecular formula is C14H25ClN4. The van der Waals surface area contributed by atoms with Crippen molar-refractivity contribution in [2.24, 2.45) is 13.0 Å². The van der Waals surface area contributed by atoms with Crippen LogP contribution in [0, 0.1) is 12.8 Å². The molecule has 108 valence electrons. The maximum Gasteiger partial charge on any atom is 0.0860 e. The molecule has 0 aliphatic carbocycles. The number of piperazine rings is 1. The van der Waals surface area contributed by atoms with E-state index in [0.717, 1.165) is 48.5 Å². The van der Waals surface area contributed by atoms with Gasteiger partial charge >= 0.3 is 0 Å². The Kier molecular flexibility index (Phi) is 4.87. The van der Waals surface area contributed by atoms with Crippen molar-refractivity contribution in [2.75, 3.05) is 19.6 Å². The van der Waals surface area contributed by atoms with Crippen LogP contribution in [-0.2, 0) is 13.6 Å². The van der Waals surface area contributed by atoms with E-state index in [2.05, 4.69) is 29.2 Å². The van der Waals surface area contributed by atoms with Crippen LogP contribution in [0.2, 0.25) is 5.02 Å². The third-order valence-corrected chi connectivity index (χ3v) is 4.32. The molecule has 4 nitrogen and oxygen atoms in total. The van der Waals surface area contributed by atoms with Gasteiger partial charge in [0.1, 0.15) is 0 Å². The Labute approximate surface area is 121 Å². The lowest BCUT2D eigenvalue weighted by molar-refractivity contribution is 0.131. The highest BCUT2D eigenvalue weighted by molar-refractivity contribution is 6.31. The van der Waals surface area contributed by atoms with E-state index >= 15 is 0 Å². The largest absolute Gasteiger partial charge is 0.314 e. The van der Waals surface area contributed by atoms with Crippen LogP contribution in [0.15, 0.2) is 0 Å². The lowest BCUT2D eigenvalue weighted by Crippen LogP contribution is -2.51. The maximum absolute atomic E-state index is 6.36. The summed E-state index contributed by atoms with van der Waals surface area (Å²) in [7, 11) is 1.98. The van der Waals surface area contributed by atoms with Crippen LogP contribution in [0.4, 0.5) is 0 Å². The molecule has 5 heteroatoms. The summed E-state index contributed by atoms with van der Waals surface area (Å²) >= 11 is 6.36. The van der Waals surface area contributed by atoms with Crippen LogP contribution in [0.3, 0.4) is 0 Å². The highest BCUT2D eigenvalue weighted by atomic mass is 35.5. The van der Waals surface area contributed by atoms with Crippen molar-refractivity contribution in [3.63, 3.8) is 0 Å². The second-order valence-electron chi connectivity index (χ2n) is 5.93. The molecule has 1 aromatic rings. The minimum Gasteiger partial charge on any atom is -0.314 e. The molecule has 1 atom stereocenters. The minimum absolute atomic E-state index is 0.597. The van der Waals surface area contributed by atoms with Crippen LogP contribution < -0.4 is 5.32 Å². The van der Waals surface area contributed by atoms with Crippen molar-refractivity contribution >= 4 is 11.6 Å². The van der Waals surface area contributed by atoms with E-state index in [1.807, 2.05) is 18.7 Å². The third kappa shape index (κ3) is 3.50. The van der Waals surface area contributed by atoms with Gasteiger partial charge in [0.05, 0.1) is 16.4 Å². The average Bonchev–Trinajstić information content (AvgIpc) is 2.57. The summed E-state index contributed by atoms with van der Waals surface area (Å²) in [4.78, 5) is 2.54. The van der Waals surface area contributed by atoms with E-state index in [0.29, 0.717) is 6.04 Å². The Morgan fingerprint density at radius 2 is 2.21 bits per heavy atom. The Balaban J connectivity index is 2.10. The van der Waals surface area contributed by atoms with Gasteiger partial charge in [-0.05, 0) is 19.3 Å². The zero-order valence-electron chi connectivity index (χ0n) is 12.4. The summed E-state index contributed by atoms with van der Waals surface area (Å²) in [5, 5.41) is 8.72. The molecule has 2 heterocycles. The van der Waals surface area contributed by atoms with Gasteiger partial charge in [-0.3, -0.25) is 9.58 Å². The molecule has 1 aromatic heterocycles. The van der Waals surface area contributed by atoms with E-state index in [1.54, 1.807) is 0 Å². The van der Waals surface area contributed by atoms with Crippen LogP contribution >= 0.6 is 11.6 Å². The molecule has 0 spiro atoms. The molecule has 1 saturated heterocycles. The van der Waals surface area contributed by atoms with Gasteiger partial charge in [0.25, 0.3) is 0 Å². The van der Waals surface area contributed by atoms with E-state index in [9.17, 15) is 0 Å². The smallest absolute Gasteiger partial charge is 0.0860 e. The van der Waals surface area contributed by atoms with Crippen LogP contribution in [0.25, 0.3) is 0 Å². The average molecular weight is 285 g/mol. The lowest BCUT2D eigenvalue weighted by atomic mass is 10.0. The fourth-order valence-corrected chi connectivity index (χ4v) is 3.05. The zero-order chi connectivity index (χ0) is 14.0. The van der Waals surface area contributed by atoms with Gasteiger partial charge in [-0.25, -0.2) is 0 Å². The molecule has 1 aliphatic rings. The van der Waals surface area contributed by atoms with Gasteiger partial charge in [-0.2, -0.15) is 5.10 Å². The number of hydrogen-bond donors (Lipinski definition) is 1. The van der Waals surface area contributed by atoms with Crippen LogP contribution in [0.1, 0.15) is 31.7 Å². The maximum atomic E-state index is 6.36. The summed E-state index contributed by atoms with van der Waals surface area (Å²) in [6.45, 7) is 10.7. The SMILES string of the molecule is Cc1nn(C)c(CN2CCNCC2CC(C)C)c1Cl. The van der Waals surface area contributed by atoms with Crippen LogP contribution in [-0.4, -0.2) is 40.4 Å². The fourth-order valence-electron chi connectivity index (χ4n) is 2.83. The topological polar surface area (TPSA) is 33.1 Å². The Bertz CT molecular complexity index is 427. The summed E-state index contributed by atoms with van der Waals surface area (Å²) < 4.78 is 1.92. The summed E-state index contributed by atoms with van der Waals surface area (Å²) in [6, 6.07) is 0.597. The molecule has 0 amide bonds. The van der Waals surface area contributed by atoms with Crippen molar-refractivity contribution in [3.8, 4) is 0 Å². The van der Waals surface area contributed by atoms with E-state index in [1.165, 1.54) is 6.42 Å². The van der Waals surface area contributed by atoms with Gasteiger partial charge in [0.15, 0.2) is 0 Å². The first-order chi connectivity index (χ1) is 8.99. The van der Waals surface area contributed by atoms with Gasteiger partial charge < -0.3 is 5.32 Å². The summed E-state index contributed by atoms with van der Waals surface area (Å²) in [5.41, 5.74) is 2.06. The second kappa shape index (κ2) is 6.25. The van der Waals surface area contributed by atoms with Crippen molar-refractivity contribution in [3.05, 3.63) is 16.4 Å². The number of nitrogens with one attached hydrogen (secondary N) is 1. The second-order valence-corrected chi connectivity index (χ2v) is 6.31. The van der Waals surface area contributed by atoms with E-state index < -0.39 is 0 Å². The molecule has 1 fully saturated rings. The van der Waals surface area contributed by atoms with Gasteiger partial charge in [0.2, 0.25) is 0 Å². The zero-order valence-corrected chi connectivity index (χ0v) is 13.2. The molecule has 0 bridgehead atoms. The molecule has 19 heavy (non-hydrogen) atoms. The lowest BCUT2D eigenvalue weighted by Gasteiger charge is -2.37. The normalized spacial score (nSPS) is 21.3. The van der Waals surface area contributed by atoms with E-state index in [4.69, 9.17) is 11.6 Å². The fraction of sp³-hybridized carbons (Fsp3) is 0.786. The van der Waals surface area contributed by atoms with Crippen molar-refractivity contribution in [1.82, 2.24) is 20.0 Å². The molecule has 0 saturated carbocycles. The molecule has 1 unspecified atom stereocenters. The number of halogens is 1. The quantitative estimate of drug-likeness (QED) is 0.920. The monoisotopic (exact) mass is 284 g/mol.